The van der Waals surface area contributed by atoms with Crippen LogP contribution in [0.4, 0.5) is 8.78 Å². The van der Waals surface area contributed by atoms with Crippen molar-refractivity contribution in [2.24, 2.45) is 0 Å². The van der Waals surface area contributed by atoms with Crippen molar-refractivity contribution in [3.8, 4) is 0 Å². The molecule has 1 heterocycles. The van der Waals surface area contributed by atoms with Crippen LogP contribution >= 0.6 is 0 Å². The number of ether oxygens (including phenoxy) is 1. The van der Waals surface area contributed by atoms with Crippen LogP contribution in [-0.2, 0) is 9.53 Å². The summed E-state index contributed by atoms with van der Waals surface area (Å²) in [6.45, 7) is 1.78. The molecule has 2 aromatic carbocycles. The molecule has 0 spiro atoms. The van der Waals surface area contributed by atoms with Crippen molar-refractivity contribution in [2.75, 3.05) is 26.7 Å². The first-order valence-electron chi connectivity index (χ1n) is 8.14. The molecule has 1 N–H and O–H groups in total. The van der Waals surface area contributed by atoms with Gasteiger partial charge in [-0.25, -0.2) is 8.78 Å². The van der Waals surface area contributed by atoms with Gasteiger partial charge in [0.15, 0.2) is 0 Å². The molecule has 1 unspecified atom stereocenters. The quantitative estimate of drug-likeness (QED) is 0.864. The molecule has 6 heteroatoms. The van der Waals surface area contributed by atoms with Crippen LogP contribution in [0, 0.1) is 11.6 Å². The Hall–Kier alpha value is -2.31. The number of benzene rings is 2. The van der Waals surface area contributed by atoms with Crippen LogP contribution in [0.2, 0.25) is 0 Å². The van der Waals surface area contributed by atoms with Crippen molar-refractivity contribution in [3.05, 3.63) is 71.3 Å². The molecule has 1 aliphatic heterocycles. The lowest BCUT2D eigenvalue weighted by Gasteiger charge is -2.38. The number of hydrogen-bond donors (Lipinski definition) is 1. The van der Waals surface area contributed by atoms with E-state index >= 15 is 0 Å². The van der Waals surface area contributed by atoms with E-state index in [-0.39, 0.29) is 23.6 Å². The van der Waals surface area contributed by atoms with Gasteiger partial charge in [-0.1, -0.05) is 24.3 Å². The van der Waals surface area contributed by atoms with E-state index in [1.165, 1.54) is 31.4 Å². The Kier molecular flexibility index (Phi) is 5.40. The molecule has 0 bridgehead atoms. The van der Waals surface area contributed by atoms with Crippen LogP contribution < -0.4 is 5.32 Å². The average Bonchev–Trinajstić information content (AvgIpc) is 2.64. The molecule has 1 fully saturated rings. The second kappa shape index (κ2) is 7.72. The molecule has 1 atom stereocenters. The van der Waals surface area contributed by atoms with Crippen LogP contribution in [0.1, 0.15) is 17.2 Å². The highest BCUT2D eigenvalue weighted by atomic mass is 19.1. The van der Waals surface area contributed by atoms with Gasteiger partial charge in [-0.2, -0.15) is 0 Å². The third-order valence-electron chi connectivity index (χ3n) is 4.43. The number of nitrogens with zero attached hydrogens (tertiary/aromatic N) is 1. The third kappa shape index (κ3) is 4.03. The van der Waals surface area contributed by atoms with Gasteiger partial charge in [0, 0.05) is 19.6 Å². The first-order chi connectivity index (χ1) is 12.1. The Labute approximate surface area is 145 Å². The Balaban J connectivity index is 1.94. The van der Waals surface area contributed by atoms with Gasteiger partial charge in [0.05, 0.1) is 13.2 Å². The van der Waals surface area contributed by atoms with Gasteiger partial charge in [-0.15, -0.1) is 0 Å². The van der Waals surface area contributed by atoms with Gasteiger partial charge in [0.1, 0.15) is 17.7 Å². The van der Waals surface area contributed by atoms with Gasteiger partial charge >= 0.3 is 5.97 Å². The van der Waals surface area contributed by atoms with E-state index in [1.807, 2.05) is 0 Å². The number of carbonyl (C=O) groups excluding carboxylic acids is 1. The number of methoxy groups -OCH3 is 1. The Morgan fingerprint density at radius 3 is 2.08 bits per heavy atom. The molecule has 2 aromatic rings. The van der Waals surface area contributed by atoms with E-state index in [0.29, 0.717) is 19.6 Å². The van der Waals surface area contributed by atoms with Crippen molar-refractivity contribution in [3.63, 3.8) is 0 Å². The molecule has 0 saturated carbocycles. The lowest BCUT2D eigenvalue weighted by molar-refractivity contribution is -0.144. The maximum Gasteiger partial charge on any atom is 0.324 e. The molecule has 3 rings (SSSR count). The number of esters is 1. The third-order valence-corrected chi connectivity index (χ3v) is 4.43. The van der Waals surface area contributed by atoms with E-state index in [9.17, 15) is 13.6 Å². The lowest BCUT2D eigenvalue weighted by atomic mass is 9.95. The zero-order chi connectivity index (χ0) is 17.8. The summed E-state index contributed by atoms with van der Waals surface area (Å²) >= 11 is 0. The van der Waals surface area contributed by atoms with E-state index < -0.39 is 6.04 Å². The lowest BCUT2D eigenvalue weighted by Crippen LogP contribution is -2.55. The van der Waals surface area contributed by atoms with Crippen molar-refractivity contribution < 1.29 is 18.3 Å². The predicted octanol–water partition coefficient (Wildman–Crippen LogP) is 2.50. The Morgan fingerprint density at radius 1 is 1.08 bits per heavy atom. The number of nitrogens with one attached hydrogen (secondary N) is 1. The van der Waals surface area contributed by atoms with Crippen LogP contribution in [-0.4, -0.2) is 43.7 Å². The minimum Gasteiger partial charge on any atom is -0.468 e. The van der Waals surface area contributed by atoms with E-state index in [0.717, 1.165) is 11.1 Å². The van der Waals surface area contributed by atoms with E-state index in [1.54, 1.807) is 24.3 Å². The molecule has 25 heavy (non-hydrogen) atoms. The van der Waals surface area contributed by atoms with Gasteiger partial charge in [0.2, 0.25) is 0 Å². The monoisotopic (exact) mass is 346 g/mol. The summed E-state index contributed by atoms with van der Waals surface area (Å²) in [5, 5.41) is 3.14. The van der Waals surface area contributed by atoms with Crippen LogP contribution in [0.25, 0.3) is 0 Å². The summed E-state index contributed by atoms with van der Waals surface area (Å²) in [4.78, 5) is 14.0. The fraction of sp³-hybridized carbons (Fsp3) is 0.316. The fourth-order valence-electron chi connectivity index (χ4n) is 3.21. The molecular weight excluding hydrogens is 326 g/mol. The van der Waals surface area contributed by atoms with Gasteiger partial charge in [-0.05, 0) is 35.4 Å². The van der Waals surface area contributed by atoms with E-state index in [2.05, 4.69) is 10.2 Å². The summed E-state index contributed by atoms with van der Waals surface area (Å²) in [6.07, 6.45) is 0. The van der Waals surface area contributed by atoms with Gasteiger partial charge < -0.3 is 10.1 Å². The number of rotatable bonds is 4. The standard InChI is InChI=1S/C19H20F2N2O2/c1-25-19(24)17-12-23(11-10-22-17)18(13-2-6-15(20)7-3-13)14-4-8-16(21)9-5-14/h2-9,17-18,22H,10-12H2,1H3. The molecule has 4 nitrogen and oxygen atoms in total. The van der Waals surface area contributed by atoms with Gasteiger partial charge in [-0.3, -0.25) is 9.69 Å². The summed E-state index contributed by atoms with van der Waals surface area (Å²) in [5.41, 5.74) is 1.78. The fourth-order valence-corrected chi connectivity index (χ4v) is 3.21. The minimum atomic E-state index is -0.429. The van der Waals surface area contributed by atoms with Gasteiger partial charge in [0.25, 0.3) is 0 Å². The highest BCUT2D eigenvalue weighted by Gasteiger charge is 2.31. The summed E-state index contributed by atoms with van der Waals surface area (Å²) in [7, 11) is 1.36. The minimum absolute atomic E-state index is 0.199. The zero-order valence-electron chi connectivity index (χ0n) is 13.9. The van der Waals surface area contributed by atoms with E-state index in [4.69, 9.17) is 4.74 Å². The highest BCUT2D eigenvalue weighted by molar-refractivity contribution is 5.76. The second-order valence-electron chi connectivity index (χ2n) is 6.03. The molecule has 1 saturated heterocycles. The Bertz CT molecular complexity index is 674. The molecule has 1 aliphatic rings. The zero-order valence-corrected chi connectivity index (χ0v) is 13.9. The first kappa shape index (κ1) is 17.5. The molecule has 132 valence electrons. The van der Waals surface area contributed by atoms with Crippen molar-refractivity contribution in [1.82, 2.24) is 10.2 Å². The largest absolute Gasteiger partial charge is 0.468 e. The van der Waals surface area contributed by atoms with Crippen LogP contribution in [0.5, 0.6) is 0 Å². The predicted molar refractivity (Wildman–Crippen MR) is 90.0 cm³/mol. The molecular formula is C19H20F2N2O2. The van der Waals surface area contributed by atoms with Crippen LogP contribution in [0.3, 0.4) is 0 Å². The molecule has 0 radical (unpaired) electrons. The summed E-state index contributed by atoms with van der Waals surface area (Å²) < 4.78 is 31.5. The summed E-state index contributed by atoms with van der Waals surface area (Å²) in [6, 6.07) is 11.9. The SMILES string of the molecule is COC(=O)C1CN(C(c2ccc(F)cc2)c2ccc(F)cc2)CCN1. The van der Waals surface area contributed by atoms with Crippen molar-refractivity contribution in [1.29, 1.82) is 0 Å². The molecule has 0 amide bonds. The number of hydrogen-bond acceptors (Lipinski definition) is 4. The van der Waals surface area contributed by atoms with Crippen LogP contribution in [0.15, 0.2) is 48.5 Å². The number of halogens is 2. The normalized spacial score (nSPS) is 18.3. The molecule has 0 aromatic heterocycles. The molecule has 0 aliphatic carbocycles. The summed E-state index contributed by atoms with van der Waals surface area (Å²) in [5.74, 6) is -0.939. The highest BCUT2D eigenvalue weighted by Crippen LogP contribution is 2.30. The first-order valence-corrected chi connectivity index (χ1v) is 8.14. The Morgan fingerprint density at radius 2 is 1.60 bits per heavy atom. The maximum absolute atomic E-state index is 13.3. The smallest absolute Gasteiger partial charge is 0.324 e. The average molecular weight is 346 g/mol. The van der Waals surface area contributed by atoms with Crippen molar-refractivity contribution in [2.45, 2.75) is 12.1 Å². The second-order valence-corrected chi connectivity index (χ2v) is 6.03. The van der Waals surface area contributed by atoms with Crippen molar-refractivity contribution >= 4 is 5.97 Å². The topological polar surface area (TPSA) is 41.6 Å². The number of carbonyl (C=O) groups is 1. The maximum atomic E-state index is 13.3. The number of piperazine rings is 1.